The maximum absolute atomic E-state index is 9.34. The summed E-state index contributed by atoms with van der Waals surface area (Å²) in [4.78, 5) is 2.01. The van der Waals surface area contributed by atoms with Crippen LogP contribution in [0, 0.1) is 0 Å². The van der Waals surface area contributed by atoms with Gasteiger partial charge in [-0.1, -0.05) is 6.07 Å². The van der Waals surface area contributed by atoms with Gasteiger partial charge in [-0.05, 0) is 47.5 Å². The number of hydrogen-bond acceptors (Lipinski definition) is 3. The Hall–Kier alpha value is -0.580. The average Bonchev–Trinajstić information content (AvgIpc) is 2.15. The molecule has 0 fully saturated rings. The van der Waals surface area contributed by atoms with Crippen LogP contribution in [0.25, 0.3) is 0 Å². The molecule has 4 heteroatoms. The van der Waals surface area contributed by atoms with Crippen molar-refractivity contribution < 1.29 is 5.11 Å². The van der Waals surface area contributed by atoms with Crippen molar-refractivity contribution in [2.45, 2.75) is 26.0 Å². The Balaban J connectivity index is 2.90. The lowest BCUT2D eigenvalue weighted by Gasteiger charge is -2.23. The summed E-state index contributed by atoms with van der Waals surface area (Å²) in [6.45, 7) is 4.35. The molecule has 0 amide bonds. The van der Waals surface area contributed by atoms with E-state index in [1.165, 1.54) is 0 Å². The smallest absolute Gasteiger partial charge is 0.0686 e. The lowest BCUT2D eigenvalue weighted by Crippen LogP contribution is -2.27. The Morgan fingerprint density at radius 2 is 2.06 bits per heavy atom. The molecule has 0 aromatic heterocycles. The van der Waals surface area contributed by atoms with E-state index in [4.69, 9.17) is 5.73 Å². The fourth-order valence-corrected chi connectivity index (χ4v) is 2.31. The molecule has 16 heavy (non-hydrogen) atoms. The van der Waals surface area contributed by atoms with Gasteiger partial charge in [-0.25, -0.2) is 0 Å². The van der Waals surface area contributed by atoms with E-state index in [0.29, 0.717) is 6.54 Å². The predicted octanol–water partition coefficient (Wildman–Crippen LogP) is 2.29. The van der Waals surface area contributed by atoms with Crippen LogP contribution in [0.1, 0.15) is 25.5 Å². The monoisotopic (exact) mass is 286 g/mol. The molecule has 90 valence electrons. The standard InChI is InChI=1S/C12H19BrN2O/c1-8(16)7-15(3)12-5-4-10(9(2)14)6-11(12)13/h4-6,8-9,16H,7,14H2,1-3H3/t8?,9-/m1/s1. The Morgan fingerprint density at radius 1 is 1.44 bits per heavy atom. The van der Waals surface area contributed by atoms with Crippen LogP contribution < -0.4 is 10.6 Å². The quantitative estimate of drug-likeness (QED) is 0.893. The molecule has 3 nitrogen and oxygen atoms in total. The summed E-state index contributed by atoms with van der Waals surface area (Å²) in [5.74, 6) is 0. The normalized spacial score (nSPS) is 14.6. The molecule has 1 aromatic rings. The zero-order valence-electron chi connectivity index (χ0n) is 9.94. The molecular formula is C12H19BrN2O. The van der Waals surface area contributed by atoms with Gasteiger partial charge in [0.15, 0.2) is 0 Å². The Labute approximate surface area is 105 Å². The third-order valence-electron chi connectivity index (χ3n) is 2.45. The molecule has 0 radical (unpaired) electrons. The fourth-order valence-electron chi connectivity index (χ4n) is 1.61. The van der Waals surface area contributed by atoms with Crippen LogP contribution in [0.3, 0.4) is 0 Å². The van der Waals surface area contributed by atoms with Gasteiger partial charge in [-0.15, -0.1) is 0 Å². The van der Waals surface area contributed by atoms with Gasteiger partial charge in [0.1, 0.15) is 0 Å². The zero-order valence-corrected chi connectivity index (χ0v) is 11.5. The molecule has 1 rings (SSSR count). The van der Waals surface area contributed by atoms with Gasteiger partial charge in [-0.3, -0.25) is 0 Å². The highest BCUT2D eigenvalue weighted by molar-refractivity contribution is 9.10. The van der Waals surface area contributed by atoms with E-state index in [-0.39, 0.29) is 12.1 Å². The fraction of sp³-hybridized carbons (Fsp3) is 0.500. The first-order valence-electron chi connectivity index (χ1n) is 5.36. The molecule has 0 aliphatic rings. The van der Waals surface area contributed by atoms with Gasteiger partial charge in [0.25, 0.3) is 0 Å². The molecule has 1 aromatic carbocycles. The molecule has 0 aliphatic heterocycles. The number of aliphatic hydroxyl groups excluding tert-OH is 1. The van der Waals surface area contributed by atoms with Crippen molar-refractivity contribution in [3.8, 4) is 0 Å². The van der Waals surface area contributed by atoms with Gasteiger partial charge in [-0.2, -0.15) is 0 Å². The topological polar surface area (TPSA) is 49.5 Å². The van der Waals surface area contributed by atoms with Crippen molar-refractivity contribution in [2.24, 2.45) is 5.73 Å². The molecule has 0 heterocycles. The van der Waals surface area contributed by atoms with Crippen LogP contribution in [0.15, 0.2) is 22.7 Å². The molecule has 0 aliphatic carbocycles. The summed E-state index contributed by atoms with van der Waals surface area (Å²) in [6, 6.07) is 6.10. The van der Waals surface area contributed by atoms with Crippen LogP contribution in [-0.2, 0) is 0 Å². The van der Waals surface area contributed by atoms with Crippen LogP contribution in [0.5, 0.6) is 0 Å². The highest BCUT2D eigenvalue weighted by Crippen LogP contribution is 2.28. The molecule has 0 saturated heterocycles. The Bertz CT molecular complexity index is 353. The van der Waals surface area contributed by atoms with Crippen molar-refractivity contribution >= 4 is 21.6 Å². The number of nitrogens with zero attached hydrogens (tertiary/aromatic N) is 1. The number of nitrogens with two attached hydrogens (primary N) is 1. The molecule has 1 unspecified atom stereocenters. The lowest BCUT2D eigenvalue weighted by atomic mass is 10.1. The maximum atomic E-state index is 9.34. The number of hydrogen-bond donors (Lipinski definition) is 2. The summed E-state index contributed by atoms with van der Waals surface area (Å²) >= 11 is 3.53. The second-order valence-electron chi connectivity index (χ2n) is 4.23. The molecule has 0 saturated carbocycles. The van der Waals surface area contributed by atoms with Gasteiger partial charge in [0.05, 0.1) is 11.8 Å². The third kappa shape index (κ3) is 3.47. The second kappa shape index (κ2) is 5.66. The van der Waals surface area contributed by atoms with Crippen molar-refractivity contribution in [1.29, 1.82) is 0 Å². The van der Waals surface area contributed by atoms with Crippen LogP contribution >= 0.6 is 15.9 Å². The summed E-state index contributed by atoms with van der Waals surface area (Å²) in [5.41, 5.74) is 7.97. The number of rotatable bonds is 4. The average molecular weight is 287 g/mol. The summed E-state index contributed by atoms with van der Waals surface area (Å²) in [5, 5.41) is 9.34. The van der Waals surface area contributed by atoms with Crippen molar-refractivity contribution in [2.75, 3.05) is 18.5 Å². The SMILES string of the molecule is CC(O)CN(C)c1ccc([C@@H](C)N)cc1Br. The minimum Gasteiger partial charge on any atom is -0.392 e. The largest absolute Gasteiger partial charge is 0.392 e. The number of likely N-dealkylation sites (N-methyl/N-ethyl adjacent to an activating group) is 1. The zero-order chi connectivity index (χ0) is 12.3. The van der Waals surface area contributed by atoms with Crippen molar-refractivity contribution in [3.63, 3.8) is 0 Å². The second-order valence-corrected chi connectivity index (χ2v) is 5.08. The number of anilines is 1. The number of halogens is 1. The van der Waals surface area contributed by atoms with E-state index >= 15 is 0 Å². The summed E-state index contributed by atoms with van der Waals surface area (Å²) in [6.07, 6.45) is -0.343. The molecule has 2 atom stereocenters. The highest BCUT2D eigenvalue weighted by Gasteiger charge is 2.09. The van der Waals surface area contributed by atoms with E-state index in [9.17, 15) is 5.11 Å². The summed E-state index contributed by atoms with van der Waals surface area (Å²) < 4.78 is 1.01. The lowest BCUT2D eigenvalue weighted by molar-refractivity contribution is 0.201. The third-order valence-corrected chi connectivity index (χ3v) is 3.08. The Morgan fingerprint density at radius 3 is 2.50 bits per heavy atom. The minimum atomic E-state index is -0.343. The predicted molar refractivity (Wildman–Crippen MR) is 71.7 cm³/mol. The first-order chi connectivity index (χ1) is 7.41. The number of aliphatic hydroxyl groups is 1. The first kappa shape index (κ1) is 13.5. The highest BCUT2D eigenvalue weighted by atomic mass is 79.9. The van der Waals surface area contributed by atoms with E-state index in [2.05, 4.69) is 15.9 Å². The summed E-state index contributed by atoms with van der Waals surface area (Å²) in [7, 11) is 1.96. The van der Waals surface area contributed by atoms with Crippen molar-refractivity contribution in [3.05, 3.63) is 28.2 Å². The molecular weight excluding hydrogens is 268 g/mol. The van der Waals surface area contributed by atoms with Crippen LogP contribution in [0.2, 0.25) is 0 Å². The van der Waals surface area contributed by atoms with Gasteiger partial charge in [0.2, 0.25) is 0 Å². The van der Waals surface area contributed by atoms with E-state index in [1.807, 2.05) is 37.1 Å². The van der Waals surface area contributed by atoms with Crippen LogP contribution in [-0.4, -0.2) is 24.8 Å². The Kier molecular flexibility index (Phi) is 4.77. The van der Waals surface area contributed by atoms with Gasteiger partial charge >= 0.3 is 0 Å². The van der Waals surface area contributed by atoms with Crippen molar-refractivity contribution in [1.82, 2.24) is 0 Å². The minimum absolute atomic E-state index is 0.0346. The van der Waals surface area contributed by atoms with Gasteiger partial charge < -0.3 is 15.7 Å². The van der Waals surface area contributed by atoms with E-state index < -0.39 is 0 Å². The van der Waals surface area contributed by atoms with Crippen LogP contribution in [0.4, 0.5) is 5.69 Å². The molecule has 0 bridgehead atoms. The molecule has 0 spiro atoms. The number of benzene rings is 1. The van der Waals surface area contributed by atoms with E-state index in [1.54, 1.807) is 6.92 Å². The van der Waals surface area contributed by atoms with E-state index in [0.717, 1.165) is 15.7 Å². The first-order valence-corrected chi connectivity index (χ1v) is 6.15. The van der Waals surface area contributed by atoms with Gasteiger partial charge in [0, 0.05) is 24.1 Å². The molecule has 3 N–H and O–H groups in total. The maximum Gasteiger partial charge on any atom is 0.0686 e.